The first kappa shape index (κ1) is 22.0. The molecule has 0 aromatic heterocycles. The number of halogens is 1. The lowest BCUT2D eigenvalue weighted by atomic mass is 10.1. The summed E-state index contributed by atoms with van der Waals surface area (Å²) in [6, 6.07) is 4.22. The van der Waals surface area contributed by atoms with E-state index in [0.717, 1.165) is 51.4 Å². The largest absolute Gasteiger partial charge is 0.492 e. The van der Waals surface area contributed by atoms with Crippen LogP contribution in [-0.2, 0) is 14.3 Å². The topological polar surface area (TPSA) is 51.2 Å². The molecule has 0 radical (unpaired) electrons. The average Bonchev–Trinajstić information content (AvgIpc) is 3.56. The second kappa shape index (κ2) is 10.9. The standard InChI is InChI=1S/C22H33FN2O4/c1-3-28-22-12-18(23)6-7-21(22)25(16-26)14-20(27-2)13-24-10-8-19(9-11-24)29-15-17-4-5-17/h6-7,12,16-17,19-20H,3-5,8-11,13-15H2,1-2H3. The first-order valence-electron chi connectivity index (χ1n) is 10.6. The molecule has 162 valence electrons. The molecule has 1 aliphatic carbocycles. The summed E-state index contributed by atoms with van der Waals surface area (Å²) in [7, 11) is 1.66. The zero-order chi connectivity index (χ0) is 20.6. The summed E-state index contributed by atoms with van der Waals surface area (Å²) >= 11 is 0. The molecule has 2 aliphatic rings. The molecule has 1 saturated heterocycles. The highest BCUT2D eigenvalue weighted by Gasteiger charge is 2.27. The van der Waals surface area contributed by atoms with Crippen molar-refractivity contribution in [1.29, 1.82) is 0 Å². The van der Waals surface area contributed by atoms with Crippen LogP contribution in [0.1, 0.15) is 32.6 Å². The highest BCUT2D eigenvalue weighted by molar-refractivity contribution is 5.78. The van der Waals surface area contributed by atoms with Crippen molar-refractivity contribution in [3.8, 4) is 5.75 Å². The van der Waals surface area contributed by atoms with Gasteiger partial charge in [0, 0.05) is 39.4 Å². The van der Waals surface area contributed by atoms with Crippen LogP contribution in [0.5, 0.6) is 5.75 Å². The molecule has 0 N–H and O–H groups in total. The molecule has 1 atom stereocenters. The van der Waals surface area contributed by atoms with Crippen molar-refractivity contribution in [2.75, 3.05) is 51.4 Å². The molecule has 1 aromatic carbocycles. The van der Waals surface area contributed by atoms with E-state index in [1.54, 1.807) is 13.2 Å². The van der Waals surface area contributed by atoms with Crippen molar-refractivity contribution in [2.45, 2.75) is 44.8 Å². The Hall–Kier alpha value is -1.70. The Bertz CT molecular complexity index is 648. The third-order valence-corrected chi connectivity index (χ3v) is 5.65. The van der Waals surface area contributed by atoms with E-state index in [9.17, 15) is 9.18 Å². The van der Waals surface area contributed by atoms with E-state index in [0.29, 0.717) is 30.7 Å². The van der Waals surface area contributed by atoms with Crippen LogP contribution in [0.25, 0.3) is 0 Å². The van der Waals surface area contributed by atoms with Crippen LogP contribution in [0.2, 0.25) is 0 Å². The van der Waals surface area contributed by atoms with E-state index < -0.39 is 5.82 Å². The maximum atomic E-state index is 13.6. The van der Waals surface area contributed by atoms with Crippen LogP contribution in [0, 0.1) is 11.7 Å². The highest BCUT2D eigenvalue weighted by Crippen LogP contribution is 2.30. The maximum absolute atomic E-state index is 13.6. The van der Waals surface area contributed by atoms with Gasteiger partial charge in [0.1, 0.15) is 11.6 Å². The van der Waals surface area contributed by atoms with Crippen LogP contribution in [0.4, 0.5) is 10.1 Å². The fourth-order valence-electron chi connectivity index (χ4n) is 3.72. The summed E-state index contributed by atoms with van der Waals surface area (Å²) < 4.78 is 30.8. The first-order chi connectivity index (χ1) is 14.1. The van der Waals surface area contributed by atoms with Gasteiger partial charge in [-0.05, 0) is 50.7 Å². The zero-order valence-corrected chi connectivity index (χ0v) is 17.5. The van der Waals surface area contributed by atoms with E-state index >= 15 is 0 Å². The van der Waals surface area contributed by atoms with Gasteiger partial charge in [-0.15, -0.1) is 0 Å². The molecule has 1 aromatic rings. The van der Waals surface area contributed by atoms with Crippen molar-refractivity contribution in [3.63, 3.8) is 0 Å². The Balaban J connectivity index is 1.52. The van der Waals surface area contributed by atoms with Crippen LogP contribution in [-0.4, -0.2) is 70.0 Å². The molecule has 2 fully saturated rings. The molecular formula is C22H33FN2O4. The van der Waals surface area contributed by atoms with Gasteiger partial charge >= 0.3 is 0 Å². The predicted molar refractivity (Wildman–Crippen MR) is 110 cm³/mol. The first-order valence-corrected chi connectivity index (χ1v) is 10.6. The number of nitrogens with zero attached hydrogens (tertiary/aromatic N) is 2. The number of hydrogen-bond acceptors (Lipinski definition) is 5. The lowest BCUT2D eigenvalue weighted by molar-refractivity contribution is -0.107. The van der Waals surface area contributed by atoms with Gasteiger partial charge in [-0.1, -0.05) is 0 Å². The van der Waals surface area contributed by atoms with Crippen molar-refractivity contribution < 1.29 is 23.4 Å². The van der Waals surface area contributed by atoms with Gasteiger partial charge in [0.15, 0.2) is 0 Å². The highest BCUT2D eigenvalue weighted by atomic mass is 19.1. The lowest BCUT2D eigenvalue weighted by Gasteiger charge is -2.35. The Kier molecular flexibility index (Phi) is 8.27. The Morgan fingerprint density at radius 3 is 2.66 bits per heavy atom. The second-order valence-corrected chi connectivity index (χ2v) is 7.94. The van der Waals surface area contributed by atoms with Crippen LogP contribution >= 0.6 is 0 Å². The smallest absolute Gasteiger partial charge is 0.214 e. The third kappa shape index (κ3) is 6.66. The minimum atomic E-state index is -0.391. The Morgan fingerprint density at radius 2 is 2.03 bits per heavy atom. The number of piperidine rings is 1. The number of rotatable bonds is 12. The maximum Gasteiger partial charge on any atom is 0.214 e. The average molecular weight is 409 g/mol. The number of ether oxygens (including phenoxy) is 3. The van der Waals surface area contributed by atoms with Crippen molar-refractivity contribution in [1.82, 2.24) is 4.90 Å². The molecule has 1 heterocycles. The van der Waals surface area contributed by atoms with E-state index in [1.165, 1.54) is 29.9 Å². The molecule has 6 nitrogen and oxygen atoms in total. The van der Waals surface area contributed by atoms with E-state index in [4.69, 9.17) is 14.2 Å². The van der Waals surface area contributed by atoms with Crippen molar-refractivity contribution in [2.24, 2.45) is 5.92 Å². The van der Waals surface area contributed by atoms with Crippen LogP contribution in [0.15, 0.2) is 18.2 Å². The molecular weight excluding hydrogens is 375 g/mol. The Morgan fingerprint density at radius 1 is 1.28 bits per heavy atom. The molecule has 1 aliphatic heterocycles. The normalized spacial score (nSPS) is 19.1. The SMILES string of the molecule is CCOc1cc(F)ccc1N(C=O)CC(CN1CCC(OCC2CC2)CC1)OC. The van der Waals surface area contributed by atoms with Gasteiger partial charge in [-0.25, -0.2) is 4.39 Å². The lowest BCUT2D eigenvalue weighted by Crippen LogP contribution is -2.45. The van der Waals surface area contributed by atoms with Crippen LogP contribution in [0.3, 0.4) is 0 Å². The number of anilines is 1. The van der Waals surface area contributed by atoms with Gasteiger partial charge < -0.3 is 24.0 Å². The zero-order valence-electron chi connectivity index (χ0n) is 17.5. The molecule has 3 rings (SSSR count). The summed E-state index contributed by atoms with van der Waals surface area (Å²) in [6.07, 6.45) is 5.68. The minimum Gasteiger partial charge on any atom is -0.492 e. The van der Waals surface area contributed by atoms with Gasteiger partial charge in [-0.2, -0.15) is 0 Å². The number of hydrogen-bond donors (Lipinski definition) is 0. The quantitative estimate of drug-likeness (QED) is 0.498. The number of likely N-dealkylation sites (tertiary alicyclic amines) is 1. The van der Waals surface area contributed by atoms with Crippen molar-refractivity contribution in [3.05, 3.63) is 24.0 Å². The fourth-order valence-corrected chi connectivity index (χ4v) is 3.72. The minimum absolute atomic E-state index is 0.149. The summed E-state index contributed by atoms with van der Waals surface area (Å²) in [6.45, 7) is 6.20. The second-order valence-electron chi connectivity index (χ2n) is 7.94. The summed E-state index contributed by atoms with van der Waals surface area (Å²) in [5.74, 6) is 0.773. The molecule has 1 unspecified atom stereocenters. The van der Waals surface area contributed by atoms with Gasteiger partial charge in [0.05, 0.1) is 31.0 Å². The van der Waals surface area contributed by atoms with Gasteiger partial charge in [0.25, 0.3) is 0 Å². The molecule has 1 saturated carbocycles. The molecule has 0 bridgehead atoms. The molecule has 0 spiro atoms. The van der Waals surface area contributed by atoms with E-state index in [1.807, 2.05) is 6.92 Å². The number of benzene rings is 1. The number of methoxy groups -OCH3 is 1. The predicted octanol–water partition coefficient (Wildman–Crippen LogP) is 3.09. The number of amides is 1. The summed E-state index contributed by atoms with van der Waals surface area (Å²) in [5, 5.41) is 0. The van der Waals surface area contributed by atoms with Crippen LogP contribution < -0.4 is 9.64 Å². The van der Waals surface area contributed by atoms with Gasteiger partial charge in [-0.3, -0.25) is 4.79 Å². The van der Waals surface area contributed by atoms with E-state index in [-0.39, 0.29) is 6.10 Å². The number of carbonyl (C=O) groups is 1. The van der Waals surface area contributed by atoms with E-state index in [2.05, 4.69) is 4.90 Å². The van der Waals surface area contributed by atoms with Gasteiger partial charge in [0.2, 0.25) is 6.41 Å². The number of carbonyl (C=O) groups excluding carboxylic acids is 1. The van der Waals surface area contributed by atoms with Crippen molar-refractivity contribution >= 4 is 12.1 Å². The Labute approximate surface area is 172 Å². The fraction of sp³-hybridized carbons (Fsp3) is 0.682. The third-order valence-electron chi connectivity index (χ3n) is 5.65. The molecule has 29 heavy (non-hydrogen) atoms. The molecule has 1 amide bonds. The summed E-state index contributed by atoms with van der Waals surface area (Å²) in [4.78, 5) is 15.7. The molecule has 7 heteroatoms. The summed E-state index contributed by atoms with van der Waals surface area (Å²) in [5.41, 5.74) is 0.553. The monoisotopic (exact) mass is 408 g/mol.